The average Bonchev–Trinajstić information content (AvgIpc) is 2.38. The Morgan fingerprint density at radius 1 is 1.21 bits per heavy atom. The molecule has 0 spiro atoms. The first-order chi connectivity index (χ1) is 9.21. The van der Waals surface area contributed by atoms with E-state index in [-0.39, 0.29) is 0 Å². The Hall–Kier alpha value is -2.10. The van der Waals surface area contributed by atoms with Crippen molar-refractivity contribution >= 4 is 5.82 Å². The summed E-state index contributed by atoms with van der Waals surface area (Å²) in [4.78, 5) is 8.99. The van der Waals surface area contributed by atoms with Gasteiger partial charge in [-0.1, -0.05) is 12.1 Å². The van der Waals surface area contributed by atoms with Crippen LogP contribution in [0.4, 0.5) is 5.82 Å². The van der Waals surface area contributed by atoms with Gasteiger partial charge < -0.3 is 10.1 Å². The van der Waals surface area contributed by atoms with Gasteiger partial charge in [0.2, 0.25) is 0 Å². The van der Waals surface area contributed by atoms with Crippen molar-refractivity contribution in [3.63, 3.8) is 0 Å². The van der Waals surface area contributed by atoms with E-state index >= 15 is 0 Å². The maximum atomic E-state index is 5.23. The lowest BCUT2D eigenvalue weighted by Gasteiger charge is -2.07. The topological polar surface area (TPSA) is 47.0 Å². The van der Waals surface area contributed by atoms with Crippen molar-refractivity contribution < 1.29 is 4.74 Å². The summed E-state index contributed by atoms with van der Waals surface area (Å²) in [6, 6.07) is 9.94. The summed E-state index contributed by atoms with van der Waals surface area (Å²) >= 11 is 0. The fourth-order valence-electron chi connectivity index (χ4n) is 1.95. The number of methoxy groups -OCH3 is 1. The van der Waals surface area contributed by atoms with E-state index in [1.165, 1.54) is 0 Å². The molecule has 0 aliphatic rings. The van der Waals surface area contributed by atoms with E-state index in [0.29, 0.717) is 6.42 Å². The zero-order valence-corrected chi connectivity index (χ0v) is 11.6. The van der Waals surface area contributed by atoms with E-state index in [0.717, 1.165) is 35.2 Å². The Morgan fingerprint density at radius 2 is 2.05 bits per heavy atom. The van der Waals surface area contributed by atoms with Crippen molar-refractivity contribution in [2.45, 2.75) is 20.3 Å². The van der Waals surface area contributed by atoms with Gasteiger partial charge in [0.05, 0.1) is 7.11 Å². The average molecular weight is 257 g/mol. The van der Waals surface area contributed by atoms with Crippen molar-refractivity contribution in [1.82, 2.24) is 9.97 Å². The Labute approximate surface area is 113 Å². The van der Waals surface area contributed by atoms with Gasteiger partial charge in [0.25, 0.3) is 0 Å². The first-order valence-corrected chi connectivity index (χ1v) is 6.42. The normalized spacial score (nSPS) is 10.3. The Kier molecular flexibility index (Phi) is 4.34. The van der Waals surface area contributed by atoms with Gasteiger partial charge >= 0.3 is 0 Å². The van der Waals surface area contributed by atoms with Crippen LogP contribution in [0.15, 0.2) is 30.3 Å². The van der Waals surface area contributed by atoms with Gasteiger partial charge in [0.1, 0.15) is 17.4 Å². The molecule has 1 aromatic heterocycles. The fraction of sp³-hybridized carbons (Fsp3) is 0.333. The molecule has 1 N–H and O–H groups in total. The number of hydrogen-bond donors (Lipinski definition) is 1. The SMILES string of the molecule is CCNc1cc(C)nc(Cc2cccc(OC)c2)n1. The highest BCUT2D eigenvalue weighted by Crippen LogP contribution is 2.16. The van der Waals surface area contributed by atoms with Crippen LogP contribution >= 0.6 is 0 Å². The summed E-state index contributed by atoms with van der Waals surface area (Å²) in [5.74, 6) is 2.56. The highest BCUT2D eigenvalue weighted by atomic mass is 16.5. The number of benzene rings is 1. The van der Waals surface area contributed by atoms with E-state index in [1.807, 2.05) is 31.2 Å². The summed E-state index contributed by atoms with van der Waals surface area (Å²) in [6.45, 7) is 4.89. The third-order valence-electron chi connectivity index (χ3n) is 2.75. The van der Waals surface area contributed by atoms with Crippen LogP contribution < -0.4 is 10.1 Å². The molecule has 0 radical (unpaired) electrons. The van der Waals surface area contributed by atoms with Crippen LogP contribution in [0.1, 0.15) is 24.0 Å². The van der Waals surface area contributed by atoms with Gasteiger partial charge in [-0.25, -0.2) is 9.97 Å². The van der Waals surface area contributed by atoms with Crippen molar-refractivity contribution in [3.05, 3.63) is 47.4 Å². The van der Waals surface area contributed by atoms with Gasteiger partial charge in [-0.3, -0.25) is 0 Å². The molecule has 1 aromatic carbocycles. The monoisotopic (exact) mass is 257 g/mol. The molecule has 0 saturated heterocycles. The van der Waals surface area contributed by atoms with Crippen LogP contribution in [0.5, 0.6) is 5.75 Å². The standard InChI is InChI=1S/C15H19N3O/c1-4-16-14-8-11(2)17-15(18-14)10-12-6-5-7-13(9-12)19-3/h5-9H,4,10H2,1-3H3,(H,16,17,18). The minimum Gasteiger partial charge on any atom is -0.497 e. The van der Waals surface area contributed by atoms with E-state index in [2.05, 4.69) is 28.3 Å². The summed E-state index contributed by atoms with van der Waals surface area (Å²) in [6.07, 6.45) is 0.706. The molecule has 0 aliphatic heterocycles. The van der Waals surface area contributed by atoms with Crippen LogP contribution in [-0.2, 0) is 6.42 Å². The lowest BCUT2D eigenvalue weighted by molar-refractivity contribution is 0.414. The third-order valence-corrected chi connectivity index (χ3v) is 2.75. The summed E-state index contributed by atoms with van der Waals surface area (Å²) in [7, 11) is 1.67. The van der Waals surface area contributed by atoms with E-state index < -0.39 is 0 Å². The lowest BCUT2D eigenvalue weighted by Crippen LogP contribution is -2.05. The third kappa shape index (κ3) is 3.68. The van der Waals surface area contributed by atoms with Crippen molar-refractivity contribution in [2.75, 3.05) is 19.0 Å². The second-order valence-corrected chi connectivity index (χ2v) is 4.37. The second-order valence-electron chi connectivity index (χ2n) is 4.37. The molecule has 0 unspecified atom stereocenters. The molecule has 0 fully saturated rings. The van der Waals surface area contributed by atoms with Gasteiger partial charge in [0.15, 0.2) is 0 Å². The molecular weight excluding hydrogens is 238 g/mol. The van der Waals surface area contributed by atoms with Crippen molar-refractivity contribution in [3.8, 4) is 5.75 Å². The molecule has 0 bridgehead atoms. The van der Waals surface area contributed by atoms with Gasteiger partial charge in [-0.05, 0) is 31.5 Å². The molecule has 0 atom stereocenters. The molecule has 4 nitrogen and oxygen atoms in total. The number of anilines is 1. The molecule has 0 amide bonds. The molecule has 1 heterocycles. The zero-order valence-electron chi connectivity index (χ0n) is 11.6. The molecule has 2 aromatic rings. The van der Waals surface area contributed by atoms with E-state index in [1.54, 1.807) is 7.11 Å². The van der Waals surface area contributed by atoms with Crippen LogP contribution in [0.2, 0.25) is 0 Å². The summed E-state index contributed by atoms with van der Waals surface area (Å²) < 4.78 is 5.23. The Balaban J connectivity index is 2.22. The molecular formula is C15H19N3O. The highest BCUT2D eigenvalue weighted by molar-refractivity contribution is 5.37. The first-order valence-electron chi connectivity index (χ1n) is 6.42. The largest absolute Gasteiger partial charge is 0.497 e. The van der Waals surface area contributed by atoms with E-state index in [9.17, 15) is 0 Å². The molecule has 0 aliphatic carbocycles. The van der Waals surface area contributed by atoms with Crippen LogP contribution in [-0.4, -0.2) is 23.6 Å². The fourth-order valence-corrected chi connectivity index (χ4v) is 1.95. The number of aromatic nitrogens is 2. The zero-order chi connectivity index (χ0) is 13.7. The Morgan fingerprint density at radius 3 is 2.79 bits per heavy atom. The van der Waals surface area contributed by atoms with Gasteiger partial charge in [0, 0.05) is 24.7 Å². The van der Waals surface area contributed by atoms with Gasteiger partial charge in [-0.2, -0.15) is 0 Å². The quantitative estimate of drug-likeness (QED) is 0.894. The van der Waals surface area contributed by atoms with Crippen LogP contribution in [0, 0.1) is 6.92 Å². The predicted molar refractivity (Wildman–Crippen MR) is 76.7 cm³/mol. The van der Waals surface area contributed by atoms with Crippen molar-refractivity contribution in [2.24, 2.45) is 0 Å². The molecule has 100 valence electrons. The summed E-state index contributed by atoms with van der Waals surface area (Å²) in [5.41, 5.74) is 2.12. The maximum Gasteiger partial charge on any atom is 0.135 e. The number of rotatable bonds is 5. The van der Waals surface area contributed by atoms with E-state index in [4.69, 9.17) is 4.74 Å². The molecule has 0 saturated carbocycles. The van der Waals surface area contributed by atoms with Crippen LogP contribution in [0.3, 0.4) is 0 Å². The van der Waals surface area contributed by atoms with Gasteiger partial charge in [-0.15, -0.1) is 0 Å². The number of nitrogens with one attached hydrogen (secondary N) is 1. The Bertz CT molecular complexity index is 555. The van der Waals surface area contributed by atoms with Crippen molar-refractivity contribution in [1.29, 1.82) is 0 Å². The first kappa shape index (κ1) is 13.3. The maximum absolute atomic E-state index is 5.23. The number of nitrogens with zero attached hydrogens (tertiary/aromatic N) is 2. The van der Waals surface area contributed by atoms with Crippen LogP contribution in [0.25, 0.3) is 0 Å². The molecule has 4 heteroatoms. The molecule has 2 rings (SSSR count). The minimum absolute atomic E-state index is 0.706. The smallest absolute Gasteiger partial charge is 0.135 e. The number of ether oxygens (including phenoxy) is 1. The lowest BCUT2D eigenvalue weighted by atomic mass is 10.1. The summed E-state index contributed by atoms with van der Waals surface area (Å²) in [5, 5.41) is 3.22. The number of hydrogen-bond acceptors (Lipinski definition) is 4. The highest BCUT2D eigenvalue weighted by Gasteiger charge is 2.04. The molecule has 19 heavy (non-hydrogen) atoms. The number of aryl methyl sites for hydroxylation is 1. The predicted octanol–water partition coefficient (Wildman–Crippen LogP) is 2.82. The second kappa shape index (κ2) is 6.18. The minimum atomic E-state index is 0.706.